The van der Waals surface area contributed by atoms with E-state index in [0.29, 0.717) is 5.92 Å². The van der Waals surface area contributed by atoms with Crippen molar-refractivity contribution in [2.45, 2.75) is 26.8 Å². The second-order valence-electron chi connectivity index (χ2n) is 6.13. The van der Waals surface area contributed by atoms with Gasteiger partial charge in [-0.15, -0.1) is 0 Å². The van der Waals surface area contributed by atoms with Gasteiger partial charge < -0.3 is 15.5 Å². The van der Waals surface area contributed by atoms with Crippen molar-refractivity contribution in [2.24, 2.45) is 11.7 Å². The third-order valence-electron chi connectivity index (χ3n) is 3.23. The minimum atomic E-state index is 0.0483. The standard InChI is InChI=1S/C16H28BrN3/c1-12(2)11-20(9-8-19(4)5)16-10-14(17)6-7-15(16)13(3)18/h6-7,10,12-13H,8-9,11,18H2,1-5H3. The molecule has 0 aromatic heterocycles. The summed E-state index contributed by atoms with van der Waals surface area (Å²) in [4.78, 5) is 4.67. The van der Waals surface area contributed by atoms with Crippen molar-refractivity contribution in [3.63, 3.8) is 0 Å². The van der Waals surface area contributed by atoms with Crippen LogP contribution in [-0.2, 0) is 0 Å². The highest BCUT2D eigenvalue weighted by molar-refractivity contribution is 9.10. The molecule has 0 bridgehead atoms. The van der Waals surface area contributed by atoms with Gasteiger partial charge in [0.1, 0.15) is 0 Å². The largest absolute Gasteiger partial charge is 0.370 e. The number of hydrogen-bond acceptors (Lipinski definition) is 3. The molecule has 1 unspecified atom stereocenters. The van der Waals surface area contributed by atoms with E-state index in [1.165, 1.54) is 11.3 Å². The lowest BCUT2D eigenvalue weighted by Crippen LogP contribution is -2.35. The molecular weight excluding hydrogens is 314 g/mol. The topological polar surface area (TPSA) is 32.5 Å². The molecule has 0 radical (unpaired) electrons. The highest BCUT2D eigenvalue weighted by Crippen LogP contribution is 2.29. The summed E-state index contributed by atoms with van der Waals surface area (Å²) in [7, 11) is 4.22. The highest BCUT2D eigenvalue weighted by Gasteiger charge is 2.15. The Kier molecular flexibility index (Phi) is 7.00. The van der Waals surface area contributed by atoms with Gasteiger partial charge in [-0.3, -0.25) is 0 Å². The number of rotatable bonds is 7. The minimum Gasteiger partial charge on any atom is -0.370 e. The van der Waals surface area contributed by atoms with Crippen molar-refractivity contribution < 1.29 is 0 Å². The van der Waals surface area contributed by atoms with Gasteiger partial charge in [-0.05, 0) is 44.6 Å². The summed E-state index contributed by atoms with van der Waals surface area (Å²) in [5, 5.41) is 0. The summed E-state index contributed by atoms with van der Waals surface area (Å²) in [6, 6.07) is 6.44. The number of anilines is 1. The maximum absolute atomic E-state index is 6.14. The monoisotopic (exact) mass is 341 g/mol. The van der Waals surface area contributed by atoms with Crippen molar-refractivity contribution in [3.8, 4) is 0 Å². The van der Waals surface area contributed by atoms with Crippen LogP contribution in [0.1, 0.15) is 32.4 Å². The maximum atomic E-state index is 6.14. The Bertz CT molecular complexity index is 416. The molecule has 1 atom stereocenters. The van der Waals surface area contributed by atoms with Crippen LogP contribution in [0.15, 0.2) is 22.7 Å². The predicted octanol–water partition coefficient (Wildman–Crippen LogP) is 3.49. The predicted molar refractivity (Wildman–Crippen MR) is 92.3 cm³/mol. The van der Waals surface area contributed by atoms with Crippen LogP contribution in [0.4, 0.5) is 5.69 Å². The number of likely N-dealkylation sites (N-methyl/N-ethyl adjacent to an activating group) is 1. The molecule has 0 heterocycles. The second-order valence-corrected chi connectivity index (χ2v) is 7.05. The van der Waals surface area contributed by atoms with Crippen LogP contribution in [0.3, 0.4) is 0 Å². The molecule has 0 aliphatic rings. The molecule has 1 aromatic carbocycles. The zero-order valence-electron chi connectivity index (χ0n) is 13.4. The normalized spacial score (nSPS) is 13.1. The molecule has 0 spiro atoms. The third-order valence-corrected chi connectivity index (χ3v) is 3.72. The lowest BCUT2D eigenvalue weighted by molar-refractivity contribution is 0.408. The van der Waals surface area contributed by atoms with Crippen LogP contribution >= 0.6 is 15.9 Å². The average Bonchev–Trinajstić information content (AvgIpc) is 2.33. The highest BCUT2D eigenvalue weighted by atomic mass is 79.9. The zero-order chi connectivity index (χ0) is 15.3. The average molecular weight is 342 g/mol. The maximum Gasteiger partial charge on any atom is 0.0426 e. The fourth-order valence-corrected chi connectivity index (χ4v) is 2.60. The van der Waals surface area contributed by atoms with Gasteiger partial charge in [0.15, 0.2) is 0 Å². The molecule has 0 aliphatic heterocycles. The summed E-state index contributed by atoms with van der Waals surface area (Å²) >= 11 is 3.58. The first-order chi connectivity index (χ1) is 9.31. The van der Waals surface area contributed by atoms with E-state index in [9.17, 15) is 0 Å². The van der Waals surface area contributed by atoms with Crippen LogP contribution in [0.5, 0.6) is 0 Å². The molecule has 3 nitrogen and oxygen atoms in total. The van der Waals surface area contributed by atoms with Gasteiger partial charge in [-0.2, -0.15) is 0 Å². The van der Waals surface area contributed by atoms with E-state index in [2.05, 4.69) is 71.9 Å². The number of hydrogen-bond donors (Lipinski definition) is 1. The molecule has 20 heavy (non-hydrogen) atoms. The Morgan fingerprint density at radius 3 is 2.30 bits per heavy atom. The Morgan fingerprint density at radius 1 is 1.15 bits per heavy atom. The molecule has 0 amide bonds. The first-order valence-corrected chi connectivity index (χ1v) is 8.05. The molecule has 1 aromatic rings. The Labute approximate surface area is 132 Å². The van der Waals surface area contributed by atoms with Crippen molar-refractivity contribution in [1.82, 2.24) is 4.90 Å². The van der Waals surface area contributed by atoms with Crippen molar-refractivity contribution >= 4 is 21.6 Å². The molecule has 2 N–H and O–H groups in total. The quantitative estimate of drug-likeness (QED) is 0.823. The van der Waals surface area contributed by atoms with E-state index >= 15 is 0 Å². The fraction of sp³-hybridized carbons (Fsp3) is 0.625. The van der Waals surface area contributed by atoms with E-state index in [0.717, 1.165) is 24.1 Å². The Hall–Kier alpha value is -0.580. The van der Waals surface area contributed by atoms with Gasteiger partial charge in [-0.25, -0.2) is 0 Å². The number of nitrogens with two attached hydrogens (primary N) is 1. The summed E-state index contributed by atoms with van der Waals surface area (Å²) in [5.41, 5.74) is 8.61. The number of halogens is 1. The molecule has 114 valence electrons. The van der Waals surface area contributed by atoms with Gasteiger partial charge in [0.2, 0.25) is 0 Å². The number of benzene rings is 1. The molecule has 4 heteroatoms. The van der Waals surface area contributed by atoms with Crippen LogP contribution < -0.4 is 10.6 Å². The lowest BCUT2D eigenvalue weighted by Gasteiger charge is -2.31. The Balaban J connectivity index is 3.07. The lowest BCUT2D eigenvalue weighted by atomic mass is 10.0. The van der Waals surface area contributed by atoms with Crippen LogP contribution in [0, 0.1) is 5.92 Å². The molecule has 0 aliphatic carbocycles. The van der Waals surface area contributed by atoms with Gasteiger partial charge >= 0.3 is 0 Å². The molecule has 0 saturated carbocycles. The van der Waals surface area contributed by atoms with Gasteiger partial charge in [0.25, 0.3) is 0 Å². The smallest absolute Gasteiger partial charge is 0.0426 e. The molecule has 0 saturated heterocycles. The fourth-order valence-electron chi connectivity index (χ4n) is 2.25. The minimum absolute atomic E-state index is 0.0483. The van der Waals surface area contributed by atoms with Gasteiger partial charge in [0.05, 0.1) is 0 Å². The summed E-state index contributed by atoms with van der Waals surface area (Å²) in [5.74, 6) is 0.622. The van der Waals surface area contributed by atoms with Crippen LogP contribution in [-0.4, -0.2) is 38.6 Å². The van der Waals surface area contributed by atoms with E-state index in [1.54, 1.807) is 0 Å². The first kappa shape index (κ1) is 17.5. The second kappa shape index (κ2) is 8.01. The summed E-state index contributed by atoms with van der Waals surface area (Å²) < 4.78 is 1.11. The summed E-state index contributed by atoms with van der Waals surface area (Å²) in [6.45, 7) is 9.66. The van der Waals surface area contributed by atoms with Crippen molar-refractivity contribution in [2.75, 3.05) is 38.6 Å². The molecular formula is C16H28BrN3. The number of nitrogens with zero attached hydrogens (tertiary/aromatic N) is 2. The first-order valence-electron chi connectivity index (χ1n) is 7.26. The SMILES string of the molecule is CC(C)CN(CCN(C)C)c1cc(Br)ccc1C(C)N. The van der Waals surface area contributed by atoms with Crippen LogP contribution in [0.25, 0.3) is 0 Å². The summed E-state index contributed by atoms with van der Waals surface area (Å²) in [6.07, 6.45) is 0. The molecule has 0 fully saturated rings. The van der Waals surface area contributed by atoms with E-state index in [1.807, 2.05) is 6.92 Å². The van der Waals surface area contributed by atoms with E-state index < -0.39 is 0 Å². The zero-order valence-corrected chi connectivity index (χ0v) is 14.9. The third kappa shape index (κ3) is 5.43. The van der Waals surface area contributed by atoms with Gasteiger partial charge in [0, 0.05) is 35.8 Å². The van der Waals surface area contributed by atoms with Crippen LogP contribution in [0.2, 0.25) is 0 Å². The van der Waals surface area contributed by atoms with Gasteiger partial charge in [-0.1, -0.05) is 35.8 Å². The van der Waals surface area contributed by atoms with E-state index in [4.69, 9.17) is 5.73 Å². The van der Waals surface area contributed by atoms with Crippen molar-refractivity contribution in [1.29, 1.82) is 0 Å². The van der Waals surface area contributed by atoms with Crippen molar-refractivity contribution in [3.05, 3.63) is 28.2 Å². The van der Waals surface area contributed by atoms with E-state index in [-0.39, 0.29) is 6.04 Å². The molecule has 1 rings (SSSR count). The Morgan fingerprint density at radius 2 is 1.80 bits per heavy atom.